The van der Waals surface area contributed by atoms with Crippen molar-refractivity contribution in [2.24, 2.45) is 0 Å². The molecule has 0 atom stereocenters. The minimum absolute atomic E-state index is 0.296. The molecule has 4 rings (SSSR count). The molecule has 0 aromatic heterocycles. The molecule has 0 unspecified atom stereocenters. The lowest BCUT2D eigenvalue weighted by Gasteiger charge is -2.15. The summed E-state index contributed by atoms with van der Waals surface area (Å²) in [5, 5.41) is 0. The lowest BCUT2D eigenvalue weighted by Crippen LogP contribution is -2.30. The van der Waals surface area contributed by atoms with Crippen molar-refractivity contribution in [3.63, 3.8) is 0 Å². The van der Waals surface area contributed by atoms with Crippen molar-refractivity contribution in [3.8, 4) is 0 Å². The Bertz CT molecular complexity index is 1040. The SMILES string of the molecule is CC1=CC(=O)N(c2ccc(SSc3ccc(N4C(=O)C=C(C)C4=O)cc3)cc2)C1=O. The number of hydrogen-bond donors (Lipinski definition) is 0. The van der Waals surface area contributed by atoms with Gasteiger partial charge in [0.2, 0.25) is 0 Å². The van der Waals surface area contributed by atoms with E-state index in [9.17, 15) is 19.2 Å². The first-order valence-electron chi connectivity index (χ1n) is 9.03. The lowest BCUT2D eigenvalue weighted by atomic mass is 10.3. The standard InChI is InChI=1S/C22H16N2O4S2/c1-13-11-19(25)23(21(13)27)15-3-7-17(8-4-15)29-30-18-9-5-16(6-10-18)24-20(26)12-14(2)22(24)28/h3-12H,1-2H3. The zero-order valence-electron chi connectivity index (χ0n) is 16.1. The monoisotopic (exact) mass is 436 g/mol. The molecule has 0 fully saturated rings. The van der Waals surface area contributed by atoms with Crippen molar-refractivity contribution in [1.29, 1.82) is 0 Å². The summed E-state index contributed by atoms with van der Waals surface area (Å²) in [5.41, 5.74) is 1.95. The van der Waals surface area contributed by atoms with Gasteiger partial charge in [-0.3, -0.25) is 19.2 Å². The number of amides is 4. The van der Waals surface area contributed by atoms with Crippen LogP contribution in [0.1, 0.15) is 13.8 Å². The summed E-state index contributed by atoms with van der Waals surface area (Å²) >= 11 is 0. The van der Waals surface area contributed by atoms with Crippen LogP contribution in [0.5, 0.6) is 0 Å². The summed E-state index contributed by atoms with van der Waals surface area (Å²) in [5.74, 6) is -1.24. The second-order valence-corrected chi connectivity index (χ2v) is 9.04. The average Bonchev–Trinajstić information content (AvgIpc) is 3.14. The molecule has 2 aliphatic heterocycles. The largest absolute Gasteiger partial charge is 0.269 e. The maximum atomic E-state index is 12.1. The first kappa shape index (κ1) is 20.2. The zero-order chi connectivity index (χ0) is 21.4. The number of imide groups is 2. The number of anilines is 2. The number of carbonyl (C=O) groups excluding carboxylic acids is 4. The molecule has 2 aromatic rings. The van der Waals surface area contributed by atoms with E-state index in [1.165, 1.54) is 33.7 Å². The van der Waals surface area contributed by atoms with Gasteiger partial charge in [-0.2, -0.15) is 0 Å². The summed E-state index contributed by atoms with van der Waals surface area (Å²) < 4.78 is 0. The topological polar surface area (TPSA) is 74.8 Å². The summed E-state index contributed by atoms with van der Waals surface area (Å²) in [4.78, 5) is 52.3. The maximum absolute atomic E-state index is 12.1. The van der Waals surface area contributed by atoms with E-state index in [2.05, 4.69) is 0 Å². The van der Waals surface area contributed by atoms with Crippen LogP contribution in [0.25, 0.3) is 0 Å². The van der Waals surface area contributed by atoms with Crippen molar-refractivity contribution < 1.29 is 19.2 Å². The van der Waals surface area contributed by atoms with Crippen LogP contribution < -0.4 is 9.80 Å². The minimum atomic E-state index is -0.326. The highest BCUT2D eigenvalue weighted by Gasteiger charge is 2.30. The molecule has 0 N–H and O–H groups in total. The summed E-state index contributed by atoms with van der Waals surface area (Å²) in [6.45, 7) is 3.25. The zero-order valence-corrected chi connectivity index (χ0v) is 17.8. The van der Waals surface area contributed by atoms with Gasteiger partial charge in [0.15, 0.2) is 0 Å². The van der Waals surface area contributed by atoms with Crippen molar-refractivity contribution in [1.82, 2.24) is 0 Å². The minimum Gasteiger partial charge on any atom is -0.269 e. The molecule has 150 valence electrons. The fourth-order valence-electron chi connectivity index (χ4n) is 3.06. The molecule has 30 heavy (non-hydrogen) atoms. The molecular formula is C22H16N2O4S2. The van der Waals surface area contributed by atoms with Crippen molar-refractivity contribution >= 4 is 56.6 Å². The van der Waals surface area contributed by atoms with E-state index in [4.69, 9.17) is 0 Å². The fourth-order valence-corrected chi connectivity index (χ4v) is 4.99. The van der Waals surface area contributed by atoms with E-state index < -0.39 is 0 Å². The van der Waals surface area contributed by atoms with Crippen LogP contribution in [0.2, 0.25) is 0 Å². The summed E-state index contributed by atoms with van der Waals surface area (Å²) in [7, 11) is 3.05. The molecule has 0 bridgehead atoms. The molecule has 0 radical (unpaired) electrons. The molecule has 2 heterocycles. The van der Waals surface area contributed by atoms with Gasteiger partial charge >= 0.3 is 0 Å². The van der Waals surface area contributed by atoms with Crippen molar-refractivity contribution in [2.75, 3.05) is 9.80 Å². The third kappa shape index (κ3) is 3.71. The van der Waals surface area contributed by atoms with Crippen molar-refractivity contribution in [2.45, 2.75) is 23.6 Å². The molecule has 0 spiro atoms. The Morgan fingerprint density at radius 3 is 1.17 bits per heavy atom. The molecule has 6 nitrogen and oxygen atoms in total. The average molecular weight is 437 g/mol. The Balaban J connectivity index is 1.38. The molecule has 8 heteroatoms. The van der Waals surface area contributed by atoms with E-state index in [0.717, 1.165) is 19.6 Å². The molecule has 0 saturated heterocycles. The Morgan fingerprint density at radius 2 is 0.900 bits per heavy atom. The fraction of sp³-hybridized carbons (Fsp3) is 0.0909. The van der Waals surface area contributed by atoms with E-state index in [0.29, 0.717) is 22.5 Å². The van der Waals surface area contributed by atoms with Gasteiger partial charge in [0, 0.05) is 33.1 Å². The van der Waals surface area contributed by atoms with Gasteiger partial charge in [-0.05, 0) is 62.4 Å². The van der Waals surface area contributed by atoms with Crippen LogP contribution in [0.3, 0.4) is 0 Å². The normalized spacial score (nSPS) is 16.5. The maximum Gasteiger partial charge on any atom is 0.261 e. The van der Waals surface area contributed by atoms with E-state index in [1.807, 2.05) is 24.3 Å². The van der Waals surface area contributed by atoms with Gasteiger partial charge < -0.3 is 0 Å². The van der Waals surface area contributed by atoms with Gasteiger partial charge in [-0.1, -0.05) is 21.6 Å². The molecule has 2 aromatic carbocycles. The predicted molar refractivity (Wildman–Crippen MR) is 117 cm³/mol. The highest BCUT2D eigenvalue weighted by molar-refractivity contribution is 8.76. The highest BCUT2D eigenvalue weighted by atomic mass is 33.1. The van der Waals surface area contributed by atoms with Gasteiger partial charge in [0.1, 0.15) is 0 Å². The molecule has 2 aliphatic rings. The number of nitrogens with zero attached hydrogens (tertiary/aromatic N) is 2. The van der Waals surface area contributed by atoms with Crippen LogP contribution in [0.15, 0.2) is 81.6 Å². The molecule has 4 amide bonds. The predicted octanol–water partition coefficient (Wildman–Crippen LogP) is 4.13. The van der Waals surface area contributed by atoms with Crippen LogP contribution in [-0.4, -0.2) is 23.6 Å². The summed E-state index contributed by atoms with van der Waals surface area (Å²) in [6, 6.07) is 14.4. The Hall–Kier alpha value is -3.10. The third-order valence-corrected chi connectivity index (χ3v) is 7.04. The smallest absolute Gasteiger partial charge is 0.261 e. The Morgan fingerprint density at radius 1 is 0.567 bits per heavy atom. The number of hydrogen-bond acceptors (Lipinski definition) is 6. The highest BCUT2D eigenvalue weighted by Crippen LogP contribution is 2.39. The van der Waals surface area contributed by atoms with Gasteiger partial charge in [0.25, 0.3) is 23.6 Å². The van der Waals surface area contributed by atoms with E-state index >= 15 is 0 Å². The Kier molecular flexibility index (Phi) is 5.36. The van der Waals surface area contributed by atoms with Gasteiger partial charge in [0.05, 0.1) is 11.4 Å². The second-order valence-electron chi connectivity index (χ2n) is 6.77. The molecule has 0 aliphatic carbocycles. The Labute approximate surface area is 181 Å². The third-order valence-electron chi connectivity index (χ3n) is 4.63. The van der Waals surface area contributed by atoms with Crippen LogP contribution in [-0.2, 0) is 19.2 Å². The van der Waals surface area contributed by atoms with Crippen LogP contribution >= 0.6 is 21.6 Å². The van der Waals surface area contributed by atoms with Gasteiger partial charge in [-0.15, -0.1) is 0 Å². The van der Waals surface area contributed by atoms with E-state index in [-0.39, 0.29) is 23.6 Å². The molecule has 0 saturated carbocycles. The number of benzene rings is 2. The van der Waals surface area contributed by atoms with E-state index in [1.54, 1.807) is 38.1 Å². The second kappa shape index (κ2) is 7.97. The quantitative estimate of drug-likeness (QED) is 0.518. The van der Waals surface area contributed by atoms with Crippen LogP contribution in [0.4, 0.5) is 11.4 Å². The first-order valence-corrected chi connectivity index (χ1v) is 11.2. The number of carbonyl (C=O) groups is 4. The first-order chi connectivity index (χ1) is 14.3. The number of rotatable bonds is 5. The summed E-state index contributed by atoms with van der Waals surface area (Å²) in [6.07, 6.45) is 2.68. The molecular weight excluding hydrogens is 420 g/mol. The van der Waals surface area contributed by atoms with Crippen molar-refractivity contribution in [3.05, 3.63) is 71.8 Å². The van der Waals surface area contributed by atoms with Crippen LogP contribution in [0, 0.1) is 0 Å². The lowest BCUT2D eigenvalue weighted by molar-refractivity contribution is -0.121. The van der Waals surface area contributed by atoms with Gasteiger partial charge in [-0.25, -0.2) is 9.80 Å².